The molecule has 0 aliphatic heterocycles. The zero-order chi connectivity index (χ0) is 18.3. The van der Waals surface area contributed by atoms with E-state index in [0.29, 0.717) is 15.9 Å². The average molecular weight is 410 g/mol. The van der Waals surface area contributed by atoms with E-state index in [1.807, 2.05) is 62.5 Å². The van der Waals surface area contributed by atoms with E-state index in [1.54, 1.807) is 0 Å². The number of imidazole rings is 1. The summed E-state index contributed by atoms with van der Waals surface area (Å²) in [5.41, 5.74) is 4.87. The number of nitrogens with zero attached hydrogens (tertiary/aromatic N) is 3. The second-order valence-electron chi connectivity index (χ2n) is 6.03. The molecule has 2 aromatic heterocycles. The van der Waals surface area contributed by atoms with Gasteiger partial charge >= 0.3 is 0 Å². The van der Waals surface area contributed by atoms with Crippen molar-refractivity contribution in [1.29, 1.82) is 0 Å². The Labute approximate surface area is 158 Å². The number of amides is 1. The lowest BCUT2D eigenvalue weighted by Crippen LogP contribution is -2.13. The summed E-state index contributed by atoms with van der Waals surface area (Å²) in [7, 11) is 2.00. The number of aromatic nitrogens is 4. The van der Waals surface area contributed by atoms with Gasteiger partial charge < -0.3 is 9.88 Å². The van der Waals surface area contributed by atoms with Crippen LogP contribution in [0.25, 0.3) is 22.4 Å². The van der Waals surface area contributed by atoms with E-state index in [2.05, 4.69) is 36.0 Å². The van der Waals surface area contributed by atoms with Crippen molar-refractivity contribution in [3.8, 4) is 11.4 Å². The van der Waals surface area contributed by atoms with Crippen LogP contribution in [-0.2, 0) is 7.05 Å². The Kier molecular flexibility index (Phi) is 4.08. The fourth-order valence-corrected chi connectivity index (χ4v) is 3.22. The van der Waals surface area contributed by atoms with E-state index in [1.165, 1.54) is 0 Å². The molecule has 0 bridgehead atoms. The molecule has 2 N–H and O–H groups in total. The number of nitrogens with one attached hydrogen (secondary N) is 2. The second-order valence-corrected chi connectivity index (χ2v) is 6.82. The quantitative estimate of drug-likeness (QED) is 0.529. The van der Waals surface area contributed by atoms with Gasteiger partial charge in [-0.2, -0.15) is 5.10 Å². The van der Waals surface area contributed by atoms with Gasteiger partial charge in [-0.1, -0.05) is 12.1 Å². The van der Waals surface area contributed by atoms with Crippen LogP contribution in [0.5, 0.6) is 0 Å². The molecule has 0 fully saturated rings. The van der Waals surface area contributed by atoms with Crippen LogP contribution >= 0.6 is 15.9 Å². The van der Waals surface area contributed by atoms with Crippen molar-refractivity contribution in [3.05, 3.63) is 64.4 Å². The van der Waals surface area contributed by atoms with Crippen molar-refractivity contribution in [2.45, 2.75) is 6.92 Å². The molecule has 0 saturated carbocycles. The molecule has 4 aromatic rings. The van der Waals surface area contributed by atoms with Gasteiger partial charge in [0.25, 0.3) is 5.91 Å². The summed E-state index contributed by atoms with van der Waals surface area (Å²) < 4.78 is 2.73. The summed E-state index contributed by atoms with van der Waals surface area (Å²) in [6, 6.07) is 15.6. The average Bonchev–Trinajstić information content (AvgIpc) is 3.16. The van der Waals surface area contributed by atoms with E-state index < -0.39 is 0 Å². The van der Waals surface area contributed by atoms with Crippen LogP contribution in [0, 0.1) is 6.92 Å². The largest absolute Gasteiger partial charge is 0.327 e. The third-order valence-corrected chi connectivity index (χ3v) is 5.25. The number of aromatic amines is 1. The smallest absolute Gasteiger partial charge is 0.277 e. The molecule has 130 valence electrons. The van der Waals surface area contributed by atoms with Crippen molar-refractivity contribution < 1.29 is 4.79 Å². The van der Waals surface area contributed by atoms with Gasteiger partial charge in [0.15, 0.2) is 5.69 Å². The van der Waals surface area contributed by atoms with Gasteiger partial charge in [0.2, 0.25) is 0 Å². The Morgan fingerprint density at radius 2 is 1.88 bits per heavy atom. The number of aryl methyl sites for hydroxylation is 2. The zero-order valence-electron chi connectivity index (χ0n) is 14.2. The third-order valence-electron chi connectivity index (χ3n) is 4.28. The van der Waals surface area contributed by atoms with Crippen LogP contribution in [0.1, 0.15) is 16.2 Å². The normalized spacial score (nSPS) is 11.0. The molecule has 0 unspecified atom stereocenters. The molecule has 1 amide bonds. The van der Waals surface area contributed by atoms with Crippen molar-refractivity contribution in [3.63, 3.8) is 0 Å². The maximum atomic E-state index is 12.3. The summed E-state index contributed by atoms with van der Waals surface area (Å²) in [4.78, 5) is 17.0. The van der Waals surface area contributed by atoms with Crippen LogP contribution in [0.15, 0.2) is 53.0 Å². The van der Waals surface area contributed by atoms with Crippen LogP contribution in [0.4, 0.5) is 5.69 Å². The molecule has 0 spiro atoms. The van der Waals surface area contributed by atoms with Crippen molar-refractivity contribution in [2.24, 2.45) is 7.05 Å². The van der Waals surface area contributed by atoms with E-state index in [0.717, 1.165) is 28.1 Å². The maximum absolute atomic E-state index is 12.3. The number of benzene rings is 2. The van der Waals surface area contributed by atoms with Crippen molar-refractivity contribution in [1.82, 2.24) is 19.7 Å². The summed E-state index contributed by atoms with van der Waals surface area (Å²) >= 11 is 3.37. The van der Waals surface area contributed by atoms with E-state index in [-0.39, 0.29) is 5.91 Å². The minimum atomic E-state index is -0.267. The lowest BCUT2D eigenvalue weighted by molar-refractivity contribution is 0.102. The first-order valence-corrected chi connectivity index (χ1v) is 8.87. The zero-order valence-corrected chi connectivity index (χ0v) is 15.8. The number of hydrogen-bond acceptors (Lipinski definition) is 3. The highest BCUT2D eigenvalue weighted by molar-refractivity contribution is 9.10. The highest BCUT2D eigenvalue weighted by Crippen LogP contribution is 2.25. The molecule has 6 nitrogen and oxygen atoms in total. The second kappa shape index (κ2) is 6.42. The van der Waals surface area contributed by atoms with Crippen LogP contribution in [0.3, 0.4) is 0 Å². The lowest BCUT2D eigenvalue weighted by atomic mass is 10.2. The Hall–Kier alpha value is -2.93. The molecule has 0 aliphatic carbocycles. The molecule has 26 heavy (non-hydrogen) atoms. The van der Waals surface area contributed by atoms with Crippen LogP contribution < -0.4 is 5.32 Å². The Bertz CT molecular complexity index is 1110. The van der Waals surface area contributed by atoms with E-state index in [9.17, 15) is 4.79 Å². The van der Waals surface area contributed by atoms with Crippen LogP contribution in [0.2, 0.25) is 0 Å². The predicted octanol–water partition coefficient (Wildman–Crippen LogP) is 4.29. The first-order chi connectivity index (χ1) is 12.5. The van der Waals surface area contributed by atoms with E-state index >= 15 is 0 Å². The minimum absolute atomic E-state index is 0.267. The lowest BCUT2D eigenvalue weighted by Gasteiger charge is -2.06. The predicted molar refractivity (Wildman–Crippen MR) is 105 cm³/mol. The standard InChI is InChI=1S/C19H16BrN5O/c1-11-16(20)17(24-23-11)19(26)21-13-9-7-12(8-10-13)18-22-14-5-3-4-6-15(14)25(18)2/h3-10H,1-2H3,(H,21,26)(H,23,24). The highest BCUT2D eigenvalue weighted by atomic mass is 79.9. The van der Waals surface area contributed by atoms with Gasteiger partial charge in [0, 0.05) is 24.0 Å². The number of halogens is 1. The third kappa shape index (κ3) is 2.80. The summed E-state index contributed by atoms with van der Waals surface area (Å²) in [5, 5.41) is 9.65. The number of para-hydroxylation sites is 2. The first kappa shape index (κ1) is 16.5. The topological polar surface area (TPSA) is 75.6 Å². The molecule has 0 atom stereocenters. The Morgan fingerprint density at radius 1 is 1.15 bits per heavy atom. The summed E-state index contributed by atoms with van der Waals surface area (Å²) in [6.07, 6.45) is 0. The van der Waals surface area contributed by atoms with Gasteiger partial charge in [0.05, 0.1) is 15.5 Å². The number of hydrogen-bond donors (Lipinski definition) is 2. The Balaban J connectivity index is 1.59. The molecule has 0 aliphatic rings. The van der Waals surface area contributed by atoms with Gasteiger partial charge in [-0.25, -0.2) is 4.98 Å². The molecular formula is C19H16BrN5O. The number of carbonyl (C=O) groups is 1. The molecule has 0 saturated heterocycles. The van der Waals surface area contributed by atoms with Gasteiger partial charge in [-0.05, 0) is 59.3 Å². The fraction of sp³-hybridized carbons (Fsp3) is 0.105. The number of anilines is 1. The van der Waals surface area contributed by atoms with E-state index in [4.69, 9.17) is 4.98 Å². The van der Waals surface area contributed by atoms with Crippen molar-refractivity contribution >= 4 is 38.6 Å². The number of H-pyrrole nitrogens is 1. The molecule has 2 aromatic carbocycles. The SMILES string of the molecule is Cc1[nH]nc(C(=O)Nc2ccc(-c3nc4ccccc4n3C)cc2)c1Br. The van der Waals surface area contributed by atoms with Gasteiger partial charge in [0.1, 0.15) is 5.82 Å². The van der Waals surface area contributed by atoms with Crippen LogP contribution in [-0.4, -0.2) is 25.7 Å². The molecular weight excluding hydrogens is 394 g/mol. The molecule has 0 radical (unpaired) electrons. The monoisotopic (exact) mass is 409 g/mol. The van der Waals surface area contributed by atoms with Gasteiger partial charge in [-0.3, -0.25) is 9.89 Å². The fourth-order valence-electron chi connectivity index (χ4n) is 2.86. The Morgan fingerprint density at radius 3 is 2.54 bits per heavy atom. The summed E-state index contributed by atoms with van der Waals surface area (Å²) in [5.74, 6) is 0.617. The highest BCUT2D eigenvalue weighted by Gasteiger charge is 2.16. The number of fused-ring (bicyclic) bond motifs is 1. The molecule has 7 heteroatoms. The minimum Gasteiger partial charge on any atom is -0.327 e. The summed E-state index contributed by atoms with van der Waals surface area (Å²) in [6.45, 7) is 1.85. The molecule has 4 rings (SSSR count). The molecule has 2 heterocycles. The number of rotatable bonds is 3. The first-order valence-electron chi connectivity index (χ1n) is 8.08. The number of carbonyl (C=O) groups excluding carboxylic acids is 1. The van der Waals surface area contributed by atoms with Gasteiger partial charge in [-0.15, -0.1) is 0 Å². The maximum Gasteiger partial charge on any atom is 0.277 e. The van der Waals surface area contributed by atoms with Crippen molar-refractivity contribution in [2.75, 3.05) is 5.32 Å².